The Hall–Kier alpha value is -0.610. The van der Waals surface area contributed by atoms with Gasteiger partial charge in [-0.05, 0) is 58.3 Å². The van der Waals surface area contributed by atoms with E-state index < -0.39 is 11.5 Å². The first-order valence-electron chi connectivity index (χ1n) is 7.90. The van der Waals surface area contributed by atoms with Gasteiger partial charge in [-0.1, -0.05) is 19.8 Å². The van der Waals surface area contributed by atoms with E-state index in [0.717, 1.165) is 64.8 Å². The van der Waals surface area contributed by atoms with Crippen molar-refractivity contribution in [3.05, 3.63) is 0 Å². The molecule has 2 aliphatic heterocycles. The molecule has 2 fully saturated rings. The van der Waals surface area contributed by atoms with Gasteiger partial charge in [0.15, 0.2) is 0 Å². The van der Waals surface area contributed by atoms with E-state index in [9.17, 15) is 9.90 Å². The summed E-state index contributed by atoms with van der Waals surface area (Å²) < 4.78 is 0. The van der Waals surface area contributed by atoms with E-state index in [2.05, 4.69) is 16.7 Å². The summed E-state index contributed by atoms with van der Waals surface area (Å²) in [5.41, 5.74) is -0.589. The molecule has 4 nitrogen and oxygen atoms in total. The van der Waals surface area contributed by atoms with Crippen molar-refractivity contribution in [3.63, 3.8) is 0 Å². The van der Waals surface area contributed by atoms with E-state index in [1.54, 1.807) is 0 Å². The van der Waals surface area contributed by atoms with Crippen molar-refractivity contribution < 1.29 is 9.90 Å². The van der Waals surface area contributed by atoms with Crippen molar-refractivity contribution in [2.24, 2.45) is 0 Å². The number of hydrogen-bond acceptors (Lipinski definition) is 3. The molecule has 0 bridgehead atoms. The van der Waals surface area contributed by atoms with Crippen LogP contribution in [0.1, 0.15) is 51.9 Å². The zero-order valence-electron chi connectivity index (χ0n) is 12.2. The molecule has 0 saturated carbocycles. The van der Waals surface area contributed by atoms with Gasteiger partial charge >= 0.3 is 5.97 Å². The molecule has 1 atom stereocenters. The van der Waals surface area contributed by atoms with E-state index in [0.29, 0.717) is 0 Å². The molecule has 19 heavy (non-hydrogen) atoms. The van der Waals surface area contributed by atoms with E-state index in [1.165, 1.54) is 12.8 Å². The molecule has 4 heteroatoms. The van der Waals surface area contributed by atoms with E-state index in [-0.39, 0.29) is 0 Å². The second-order valence-corrected chi connectivity index (χ2v) is 6.03. The third-order valence-corrected chi connectivity index (χ3v) is 4.96. The smallest absolute Gasteiger partial charge is 0.324 e. The molecule has 2 heterocycles. The lowest BCUT2D eigenvalue weighted by molar-refractivity contribution is -0.152. The van der Waals surface area contributed by atoms with Crippen molar-refractivity contribution in [3.8, 4) is 0 Å². The van der Waals surface area contributed by atoms with Gasteiger partial charge in [-0.25, -0.2) is 0 Å². The molecule has 2 rings (SSSR count). The lowest BCUT2D eigenvalue weighted by Crippen LogP contribution is -2.55. The van der Waals surface area contributed by atoms with Crippen LogP contribution in [0.25, 0.3) is 0 Å². The second-order valence-electron chi connectivity index (χ2n) is 6.03. The van der Waals surface area contributed by atoms with Crippen LogP contribution < -0.4 is 0 Å². The topological polar surface area (TPSA) is 43.8 Å². The highest BCUT2D eigenvalue weighted by molar-refractivity contribution is 5.79. The van der Waals surface area contributed by atoms with Gasteiger partial charge in [-0.2, -0.15) is 0 Å². The van der Waals surface area contributed by atoms with Crippen LogP contribution in [0, 0.1) is 0 Å². The van der Waals surface area contributed by atoms with Crippen molar-refractivity contribution in [1.82, 2.24) is 9.80 Å². The Bertz CT molecular complexity index is 301. The van der Waals surface area contributed by atoms with Gasteiger partial charge in [0.1, 0.15) is 5.54 Å². The summed E-state index contributed by atoms with van der Waals surface area (Å²) in [4.78, 5) is 16.7. The summed E-state index contributed by atoms with van der Waals surface area (Å²) in [5, 5.41) is 9.86. The van der Waals surface area contributed by atoms with E-state index >= 15 is 0 Å². The minimum absolute atomic E-state index is 0.589. The molecule has 0 spiro atoms. The van der Waals surface area contributed by atoms with Crippen LogP contribution in [0.15, 0.2) is 0 Å². The number of aliphatic carboxylic acids is 1. The minimum Gasteiger partial charge on any atom is -0.480 e. The van der Waals surface area contributed by atoms with Crippen LogP contribution in [0.5, 0.6) is 0 Å². The van der Waals surface area contributed by atoms with Crippen LogP contribution >= 0.6 is 0 Å². The molecule has 2 saturated heterocycles. The Balaban J connectivity index is 2.14. The molecule has 0 aromatic heterocycles. The second kappa shape index (κ2) is 6.71. The van der Waals surface area contributed by atoms with Crippen LogP contribution in [0.4, 0.5) is 0 Å². The maximum Gasteiger partial charge on any atom is 0.324 e. The third kappa shape index (κ3) is 3.29. The fraction of sp³-hybridized carbons (Fsp3) is 0.933. The summed E-state index contributed by atoms with van der Waals surface area (Å²) in [6.45, 7) is 7.13. The lowest BCUT2D eigenvalue weighted by atomic mass is 9.88. The van der Waals surface area contributed by atoms with Crippen LogP contribution in [0.3, 0.4) is 0 Å². The maximum absolute atomic E-state index is 12.0. The molecule has 0 amide bonds. The molecule has 1 unspecified atom stereocenters. The fourth-order valence-corrected chi connectivity index (χ4v) is 3.66. The molecule has 2 aliphatic rings. The summed E-state index contributed by atoms with van der Waals surface area (Å²) in [7, 11) is 0. The first-order valence-corrected chi connectivity index (χ1v) is 7.90. The van der Waals surface area contributed by atoms with E-state index in [4.69, 9.17) is 0 Å². The van der Waals surface area contributed by atoms with Gasteiger partial charge < -0.3 is 10.0 Å². The number of carboxylic acids is 1. The predicted octanol–water partition coefficient (Wildman–Crippen LogP) is 2.19. The van der Waals surface area contributed by atoms with Crippen LogP contribution in [-0.4, -0.2) is 59.1 Å². The summed E-state index contributed by atoms with van der Waals surface area (Å²) in [6, 6.07) is 0. The monoisotopic (exact) mass is 268 g/mol. The molecular formula is C15H28N2O2. The summed E-state index contributed by atoms with van der Waals surface area (Å²) in [5.74, 6) is -0.590. The molecule has 0 aliphatic carbocycles. The fourth-order valence-electron chi connectivity index (χ4n) is 3.66. The molecule has 0 radical (unpaired) electrons. The summed E-state index contributed by atoms with van der Waals surface area (Å²) >= 11 is 0. The first-order chi connectivity index (χ1) is 9.19. The zero-order valence-corrected chi connectivity index (χ0v) is 12.2. The van der Waals surface area contributed by atoms with Gasteiger partial charge in [0, 0.05) is 6.54 Å². The molecule has 0 aromatic rings. The van der Waals surface area contributed by atoms with Gasteiger partial charge in [0.05, 0.1) is 0 Å². The number of likely N-dealkylation sites (tertiary alicyclic amines) is 2. The molecule has 1 N–H and O–H groups in total. The van der Waals surface area contributed by atoms with Crippen molar-refractivity contribution in [1.29, 1.82) is 0 Å². The third-order valence-electron chi connectivity index (χ3n) is 4.96. The number of carboxylic acid groups (broad SMARTS) is 1. The molecule has 0 aromatic carbocycles. The van der Waals surface area contributed by atoms with Crippen molar-refractivity contribution in [2.45, 2.75) is 57.4 Å². The Morgan fingerprint density at radius 3 is 2.26 bits per heavy atom. The number of hydrogen-bond donors (Lipinski definition) is 1. The quantitative estimate of drug-likeness (QED) is 0.852. The molecule has 110 valence electrons. The zero-order chi connectivity index (χ0) is 13.7. The Morgan fingerprint density at radius 1 is 1.00 bits per heavy atom. The maximum atomic E-state index is 12.0. The van der Waals surface area contributed by atoms with Gasteiger partial charge in [0.2, 0.25) is 0 Å². The number of carbonyl (C=O) groups is 1. The minimum atomic E-state index is -0.590. The highest BCUT2D eigenvalue weighted by Crippen LogP contribution is 2.31. The van der Waals surface area contributed by atoms with Crippen LogP contribution in [-0.2, 0) is 4.79 Å². The van der Waals surface area contributed by atoms with Gasteiger partial charge in [0.25, 0.3) is 0 Å². The predicted molar refractivity (Wildman–Crippen MR) is 76.4 cm³/mol. The molecular weight excluding hydrogens is 240 g/mol. The summed E-state index contributed by atoms with van der Waals surface area (Å²) in [6.07, 6.45) is 7.45. The highest BCUT2D eigenvalue weighted by Gasteiger charge is 2.44. The lowest BCUT2D eigenvalue weighted by Gasteiger charge is -2.39. The van der Waals surface area contributed by atoms with Gasteiger partial charge in [-0.3, -0.25) is 9.69 Å². The highest BCUT2D eigenvalue weighted by atomic mass is 16.4. The number of rotatable bonds is 3. The average Bonchev–Trinajstić information content (AvgIpc) is 2.79. The van der Waals surface area contributed by atoms with Crippen LogP contribution in [0.2, 0.25) is 0 Å². The van der Waals surface area contributed by atoms with Crippen molar-refractivity contribution >= 4 is 5.97 Å². The normalized spacial score (nSPS) is 31.6. The SMILES string of the molecule is CCN1CCCC(C(=O)O)(N2CCCCCC2)CC1. The van der Waals surface area contributed by atoms with E-state index in [1.807, 2.05) is 0 Å². The van der Waals surface area contributed by atoms with Crippen molar-refractivity contribution in [2.75, 3.05) is 32.7 Å². The average molecular weight is 268 g/mol. The van der Waals surface area contributed by atoms with Gasteiger partial charge in [-0.15, -0.1) is 0 Å². The standard InChI is InChI=1S/C15H28N2O2/c1-2-16-10-7-8-15(9-13-16,14(18)19)17-11-5-3-4-6-12-17/h2-13H2,1H3,(H,18,19). The largest absolute Gasteiger partial charge is 0.480 e. The Kier molecular flexibility index (Phi) is 5.22. The number of nitrogens with zero attached hydrogens (tertiary/aromatic N) is 2. The Labute approximate surface area is 116 Å². The Morgan fingerprint density at radius 2 is 1.68 bits per heavy atom. The first kappa shape index (κ1) is 14.8.